The average Bonchev–Trinajstić information content (AvgIpc) is 2.92. The summed E-state index contributed by atoms with van der Waals surface area (Å²) in [6, 6.07) is 21.3. The lowest BCUT2D eigenvalue weighted by atomic mass is 10.1. The van der Waals surface area contributed by atoms with Gasteiger partial charge in [0.2, 0.25) is 11.8 Å². The van der Waals surface area contributed by atoms with E-state index in [1.165, 1.54) is 23.1 Å². The zero-order valence-electron chi connectivity index (χ0n) is 21.9. The Labute approximate surface area is 230 Å². The number of anilines is 1. The fraction of sp³-hybridized carbons (Fsp3) is 0.310. The Morgan fingerprint density at radius 2 is 1.61 bits per heavy atom. The molecule has 1 atom stereocenters. The van der Waals surface area contributed by atoms with Gasteiger partial charge < -0.3 is 10.2 Å². The molecule has 0 bridgehead atoms. The molecule has 0 aliphatic carbocycles. The van der Waals surface area contributed by atoms with Gasteiger partial charge in [-0.25, -0.2) is 8.42 Å². The second-order valence-corrected chi connectivity index (χ2v) is 11.4. The van der Waals surface area contributed by atoms with E-state index in [0.29, 0.717) is 11.6 Å². The minimum atomic E-state index is -4.12. The summed E-state index contributed by atoms with van der Waals surface area (Å²) in [5.74, 6) is -0.804. The van der Waals surface area contributed by atoms with E-state index in [4.69, 9.17) is 11.6 Å². The number of benzene rings is 3. The highest BCUT2D eigenvalue weighted by Gasteiger charge is 2.32. The van der Waals surface area contributed by atoms with Crippen LogP contribution in [0.2, 0.25) is 5.02 Å². The van der Waals surface area contributed by atoms with E-state index in [-0.39, 0.29) is 23.0 Å². The maximum atomic E-state index is 13.8. The molecule has 3 rings (SSSR count). The van der Waals surface area contributed by atoms with Crippen LogP contribution in [0.15, 0.2) is 83.8 Å². The van der Waals surface area contributed by atoms with Crippen molar-refractivity contribution in [2.75, 3.05) is 17.4 Å². The monoisotopic (exact) mass is 555 g/mol. The van der Waals surface area contributed by atoms with Crippen molar-refractivity contribution >= 4 is 39.1 Å². The number of halogens is 1. The summed E-state index contributed by atoms with van der Waals surface area (Å²) in [6.07, 6.45) is 1.75. The van der Waals surface area contributed by atoms with Gasteiger partial charge >= 0.3 is 0 Å². The van der Waals surface area contributed by atoms with E-state index in [1.54, 1.807) is 37.3 Å². The second-order valence-electron chi connectivity index (χ2n) is 9.09. The van der Waals surface area contributed by atoms with Crippen LogP contribution < -0.4 is 9.62 Å². The van der Waals surface area contributed by atoms with Crippen LogP contribution in [-0.2, 0) is 26.2 Å². The Bertz CT molecular complexity index is 1330. The summed E-state index contributed by atoms with van der Waals surface area (Å²) >= 11 is 6.34. The largest absolute Gasteiger partial charge is 0.354 e. The predicted molar refractivity (Wildman–Crippen MR) is 152 cm³/mol. The number of unbranched alkanes of at least 4 members (excludes halogenated alkanes) is 1. The van der Waals surface area contributed by atoms with Crippen molar-refractivity contribution in [1.82, 2.24) is 10.2 Å². The van der Waals surface area contributed by atoms with Crippen molar-refractivity contribution in [2.45, 2.75) is 51.1 Å². The number of carbonyl (C=O) groups excluding carboxylic acids is 2. The highest BCUT2D eigenvalue weighted by molar-refractivity contribution is 7.92. The molecule has 0 saturated carbocycles. The molecular formula is C29H34ClN3O4S. The number of hydrogen-bond donors (Lipinski definition) is 1. The van der Waals surface area contributed by atoms with Crippen molar-refractivity contribution in [3.8, 4) is 0 Å². The van der Waals surface area contributed by atoms with E-state index >= 15 is 0 Å². The van der Waals surface area contributed by atoms with Crippen LogP contribution in [0.5, 0.6) is 0 Å². The minimum absolute atomic E-state index is 0.0458. The van der Waals surface area contributed by atoms with Crippen LogP contribution in [0.3, 0.4) is 0 Å². The first-order valence-electron chi connectivity index (χ1n) is 12.6. The lowest BCUT2D eigenvalue weighted by Gasteiger charge is -2.32. The summed E-state index contributed by atoms with van der Waals surface area (Å²) in [7, 11) is -4.12. The average molecular weight is 556 g/mol. The molecule has 7 nitrogen and oxygen atoms in total. The summed E-state index contributed by atoms with van der Waals surface area (Å²) in [4.78, 5) is 28.3. The molecule has 0 fully saturated rings. The molecule has 38 heavy (non-hydrogen) atoms. The van der Waals surface area contributed by atoms with Crippen molar-refractivity contribution in [3.63, 3.8) is 0 Å². The Balaban J connectivity index is 1.99. The van der Waals surface area contributed by atoms with Gasteiger partial charge in [-0.3, -0.25) is 13.9 Å². The third kappa shape index (κ3) is 7.36. The number of sulfonamides is 1. The number of rotatable bonds is 12. The first kappa shape index (κ1) is 29.2. The molecule has 1 N–H and O–H groups in total. The maximum Gasteiger partial charge on any atom is 0.264 e. The number of hydrogen-bond acceptors (Lipinski definition) is 4. The zero-order chi connectivity index (χ0) is 27.7. The summed E-state index contributed by atoms with van der Waals surface area (Å²) in [5, 5.41) is 3.26. The quantitative estimate of drug-likeness (QED) is 0.312. The number of nitrogens with zero attached hydrogens (tertiary/aromatic N) is 2. The van der Waals surface area contributed by atoms with Crippen molar-refractivity contribution < 1.29 is 18.0 Å². The van der Waals surface area contributed by atoms with Crippen molar-refractivity contribution in [2.24, 2.45) is 0 Å². The van der Waals surface area contributed by atoms with Gasteiger partial charge in [0, 0.05) is 18.1 Å². The molecule has 0 radical (unpaired) electrons. The summed E-state index contributed by atoms with van der Waals surface area (Å²) < 4.78 is 28.6. The molecule has 0 heterocycles. The van der Waals surface area contributed by atoms with E-state index in [2.05, 4.69) is 5.32 Å². The summed E-state index contributed by atoms with van der Waals surface area (Å²) in [5.41, 5.74) is 1.87. The number of nitrogens with one attached hydrogen (secondary N) is 1. The van der Waals surface area contributed by atoms with Crippen molar-refractivity contribution in [3.05, 3.63) is 95.0 Å². The smallest absolute Gasteiger partial charge is 0.264 e. The van der Waals surface area contributed by atoms with E-state index in [0.717, 1.165) is 28.3 Å². The van der Waals surface area contributed by atoms with Gasteiger partial charge in [-0.1, -0.05) is 79.5 Å². The van der Waals surface area contributed by atoms with Crippen LogP contribution in [0.25, 0.3) is 0 Å². The maximum absolute atomic E-state index is 13.8. The molecule has 202 valence electrons. The van der Waals surface area contributed by atoms with Gasteiger partial charge in [-0.05, 0) is 55.7 Å². The molecular weight excluding hydrogens is 522 g/mol. The van der Waals surface area contributed by atoms with Gasteiger partial charge in [0.15, 0.2) is 0 Å². The molecule has 0 aliphatic rings. The fourth-order valence-corrected chi connectivity index (χ4v) is 5.49. The number of carbonyl (C=O) groups is 2. The van der Waals surface area contributed by atoms with E-state index in [1.807, 2.05) is 44.2 Å². The first-order valence-corrected chi connectivity index (χ1v) is 14.4. The fourth-order valence-electron chi connectivity index (χ4n) is 3.88. The Morgan fingerprint density at radius 1 is 0.974 bits per heavy atom. The van der Waals surface area contributed by atoms with E-state index < -0.39 is 28.5 Å². The lowest BCUT2D eigenvalue weighted by Crippen LogP contribution is -2.51. The number of aryl methyl sites for hydroxylation is 1. The van der Waals surface area contributed by atoms with Crippen molar-refractivity contribution in [1.29, 1.82) is 0 Å². The zero-order valence-corrected chi connectivity index (χ0v) is 23.5. The van der Waals surface area contributed by atoms with Gasteiger partial charge in [-0.15, -0.1) is 0 Å². The summed E-state index contributed by atoms with van der Waals surface area (Å²) in [6.45, 7) is 5.64. The van der Waals surface area contributed by atoms with Crippen LogP contribution in [0.4, 0.5) is 5.69 Å². The molecule has 0 aromatic heterocycles. The normalized spacial score (nSPS) is 12.0. The standard InChI is InChI=1S/C29H34ClN3O4S/c1-4-5-18-31-29(35)23(3)32(20-24-12-8-6-9-13-24)28(34)21-33(25-17-16-22(2)27(30)19-25)38(36,37)26-14-10-7-11-15-26/h6-17,19,23H,4-5,18,20-21H2,1-3H3,(H,31,35)/t23-/m0/s1. The Morgan fingerprint density at radius 3 is 2.21 bits per heavy atom. The Hall–Kier alpha value is -3.36. The predicted octanol–water partition coefficient (Wildman–Crippen LogP) is 5.18. The van der Waals surface area contributed by atoms with E-state index in [9.17, 15) is 18.0 Å². The lowest BCUT2D eigenvalue weighted by molar-refractivity contribution is -0.139. The molecule has 3 aromatic carbocycles. The Kier molecular flexibility index (Phi) is 10.3. The van der Waals surface area contributed by atoms with Gasteiger partial charge in [0.25, 0.3) is 10.0 Å². The highest BCUT2D eigenvalue weighted by atomic mass is 35.5. The van der Waals surface area contributed by atoms with Crippen LogP contribution in [-0.4, -0.2) is 44.3 Å². The molecule has 0 spiro atoms. The highest BCUT2D eigenvalue weighted by Crippen LogP contribution is 2.28. The molecule has 3 aromatic rings. The van der Waals surface area contributed by atoms with Crippen LogP contribution >= 0.6 is 11.6 Å². The minimum Gasteiger partial charge on any atom is -0.354 e. The van der Waals surface area contributed by atoms with Crippen LogP contribution in [0.1, 0.15) is 37.8 Å². The number of amides is 2. The second kappa shape index (κ2) is 13.4. The third-order valence-corrected chi connectivity index (χ3v) is 8.44. The molecule has 0 unspecified atom stereocenters. The molecule has 0 aliphatic heterocycles. The first-order chi connectivity index (χ1) is 18.1. The SMILES string of the molecule is CCCCNC(=O)[C@H](C)N(Cc1ccccc1)C(=O)CN(c1ccc(C)c(Cl)c1)S(=O)(=O)c1ccccc1. The van der Waals surface area contributed by atoms with Gasteiger partial charge in [0.1, 0.15) is 12.6 Å². The molecule has 9 heteroatoms. The topological polar surface area (TPSA) is 86.8 Å². The van der Waals surface area contributed by atoms with Crippen LogP contribution in [0, 0.1) is 6.92 Å². The third-order valence-electron chi connectivity index (χ3n) is 6.25. The molecule has 2 amide bonds. The van der Waals surface area contributed by atoms with Gasteiger partial charge in [-0.2, -0.15) is 0 Å². The molecule has 0 saturated heterocycles. The van der Waals surface area contributed by atoms with Gasteiger partial charge in [0.05, 0.1) is 10.6 Å².